The van der Waals surface area contributed by atoms with Gasteiger partial charge in [-0.05, 0) is 37.8 Å². The van der Waals surface area contributed by atoms with Gasteiger partial charge in [-0.25, -0.2) is 13.2 Å². The lowest BCUT2D eigenvalue weighted by molar-refractivity contribution is 0.195. The van der Waals surface area contributed by atoms with Crippen LogP contribution >= 0.6 is 11.8 Å². The molecule has 1 aromatic rings. The van der Waals surface area contributed by atoms with Gasteiger partial charge in [-0.1, -0.05) is 12.1 Å². The Morgan fingerprint density at radius 2 is 1.82 bits per heavy atom. The first-order valence-corrected chi connectivity index (χ1v) is 10.3. The zero-order valence-electron chi connectivity index (χ0n) is 13.7. The fraction of sp³-hybridized carbons (Fsp3) is 0.533. The summed E-state index contributed by atoms with van der Waals surface area (Å²) < 4.78 is 22.6. The molecule has 0 aromatic heterocycles. The predicted molar refractivity (Wildman–Crippen MR) is 92.1 cm³/mol. The number of urea groups is 1. The first-order valence-electron chi connectivity index (χ1n) is 6.99. The number of nitrogens with zero attached hydrogens (tertiary/aromatic N) is 1. The van der Waals surface area contributed by atoms with Crippen LogP contribution in [0.2, 0.25) is 0 Å². The summed E-state index contributed by atoms with van der Waals surface area (Å²) in [6.45, 7) is 3.62. The van der Waals surface area contributed by atoms with Crippen LogP contribution in [0.4, 0.5) is 4.79 Å². The minimum atomic E-state index is -3.11. The van der Waals surface area contributed by atoms with E-state index in [0.717, 1.165) is 5.56 Å². The predicted octanol–water partition coefficient (Wildman–Crippen LogP) is 2.54. The molecule has 0 aliphatic rings. The van der Waals surface area contributed by atoms with Crippen LogP contribution in [0.15, 0.2) is 29.2 Å². The first-order chi connectivity index (χ1) is 10.1. The van der Waals surface area contributed by atoms with E-state index in [1.165, 1.54) is 16.1 Å². The number of sulfone groups is 1. The van der Waals surface area contributed by atoms with E-state index in [-0.39, 0.29) is 23.9 Å². The smallest absolute Gasteiger partial charge is 0.317 e. The molecule has 0 unspecified atom stereocenters. The summed E-state index contributed by atoms with van der Waals surface area (Å²) in [6, 6.07) is 7.19. The highest BCUT2D eigenvalue weighted by molar-refractivity contribution is 7.98. The molecule has 7 heteroatoms. The Hall–Kier alpha value is -1.21. The maximum atomic E-state index is 12.2. The van der Waals surface area contributed by atoms with Gasteiger partial charge in [0, 0.05) is 24.2 Å². The molecule has 0 aliphatic carbocycles. The second kappa shape index (κ2) is 7.87. The van der Waals surface area contributed by atoms with Crippen LogP contribution in [0.25, 0.3) is 0 Å². The Morgan fingerprint density at radius 3 is 2.27 bits per heavy atom. The summed E-state index contributed by atoms with van der Waals surface area (Å²) in [5.41, 5.74) is 1.01. The van der Waals surface area contributed by atoms with Crippen LogP contribution in [0.1, 0.15) is 25.5 Å². The average Bonchev–Trinajstić information content (AvgIpc) is 2.44. The number of carbonyl (C=O) groups excluding carboxylic acids is 1. The van der Waals surface area contributed by atoms with Gasteiger partial charge in [0.15, 0.2) is 0 Å². The van der Waals surface area contributed by atoms with Crippen LogP contribution in [0.5, 0.6) is 0 Å². The van der Waals surface area contributed by atoms with Gasteiger partial charge in [0.1, 0.15) is 9.84 Å². The molecule has 1 aromatic carbocycles. The first kappa shape index (κ1) is 18.8. The highest BCUT2D eigenvalue weighted by atomic mass is 32.2. The molecule has 5 nitrogen and oxygen atoms in total. The molecule has 1 rings (SSSR count). The summed E-state index contributed by atoms with van der Waals surface area (Å²) in [5, 5.41) is 2.89. The third-order valence-corrected chi connectivity index (χ3v) is 5.31. The molecule has 1 N–H and O–H groups in total. The molecular formula is C15H24N2O3S2. The molecule has 22 heavy (non-hydrogen) atoms. The van der Waals surface area contributed by atoms with E-state index in [9.17, 15) is 13.2 Å². The highest BCUT2D eigenvalue weighted by Crippen LogP contribution is 2.19. The van der Waals surface area contributed by atoms with Crippen molar-refractivity contribution in [2.24, 2.45) is 0 Å². The Labute approximate surface area is 137 Å². The van der Waals surface area contributed by atoms with E-state index < -0.39 is 9.84 Å². The lowest BCUT2D eigenvalue weighted by Gasteiger charge is -2.26. The van der Waals surface area contributed by atoms with Crippen molar-refractivity contribution >= 4 is 27.6 Å². The van der Waals surface area contributed by atoms with Gasteiger partial charge in [0.2, 0.25) is 0 Å². The van der Waals surface area contributed by atoms with Gasteiger partial charge >= 0.3 is 6.03 Å². The molecule has 0 fully saturated rings. The Bertz CT molecular complexity index is 600. The van der Waals surface area contributed by atoms with Gasteiger partial charge in [-0.2, -0.15) is 0 Å². The molecule has 2 atom stereocenters. The Balaban J connectivity index is 2.66. The Kier molecular flexibility index (Phi) is 6.74. The van der Waals surface area contributed by atoms with E-state index >= 15 is 0 Å². The van der Waals surface area contributed by atoms with Crippen LogP contribution in [0, 0.1) is 0 Å². The molecule has 0 saturated heterocycles. The zero-order chi connectivity index (χ0) is 16.9. The second-order valence-corrected chi connectivity index (χ2v) is 8.56. The standard InChI is InChI=1S/C15H24N2O3S2/c1-11(10-22(5,19)20)17(3)15(18)16-12(2)13-6-8-14(21-4)9-7-13/h6-9,11-12H,10H2,1-5H3,(H,16,18)/t11-,12+/m0/s1. The molecule has 2 amide bonds. The lowest BCUT2D eigenvalue weighted by atomic mass is 10.1. The van der Waals surface area contributed by atoms with Crippen molar-refractivity contribution in [1.29, 1.82) is 0 Å². The van der Waals surface area contributed by atoms with Crippen molar-refractivity contribution in [2.45, 2.75) is 30.8 Å². The van der Waals surface area contributed by atoms with Crippen molar-refractivity contribution < 1.29 is 13.2 Å². The summed E-state index contributed by atoms with van der Waals surface area (Å²) >= 11 is 1.66. The number of carbonyl (C=O) groups is 1. The normalized spacial score (nSPS) is 14.2. The van der Waals surface area contributed by atoms with E-state index in [0.29, 0.717) is 0 Å². The van der Waals surface area contributed by atoms with Crippen LogP contribution in [-0.2, 0) is 9.84 Å². The topological polar surface area (TPSA) is 66.5 Å². The molecule has 124 valence electrons. The number of thioether (sulfide) groups is 1. The molecule has 0 bridgehead atoms. The number of benzene rings is 1. The minimum Gasteiger partial charge on any atom is -0.331 e. The monoisotopic (exact) mass is 344 g/mol. The number of amides is 2. The van der Waals surface area contributed by atoms with Gasteiger partial charge in [0.25, 0.3) is 0 Å². The largest absolute Gasteiger partial charge is 0.331 e. The van der Waals surface area contributed by atoms with Crippen molar-refractivity contribution in [2.75, 3.05) is 25.3 Å². The fourth-order valence-corrected chi connectivity index (χ4v) is 3.52. The number of rotatable bonds is 6. The minimum absolute atomic E-state index is 0.0479. The third kappa shape index (κ3) is 5.88. The summed E-state index contributed by atoms with van der Waals surface area (Å²) in [4.78, 5) is 14.8. The zero-order valence-corrected chi connectivity index (χ0v) is 15.3. The number of nitrogens with one attached hydrogen (secondary N) is 1. The van der Waals surface area contributed by atoms with Crippen LogP contribution in [-0.4, -0.2) is 50.7 Å². The molecule has 0 aliphatic heterocycles. The lowest BCUT2D eigenvalue weighted by Crippen LogP contribution is -2.45. The summed E-state index contributed by atoms with van der Waals surface area (Å²) in [5.74, 6) is -0.0479. The molecule has 0 heterocycles. The molecule has 0 radical (unpaired) electrons. The Morgan fingerprint density at radius 1 is 1.27 bits per heavy atom. The van der Waals surface area contributed by atoms with Gasteiger partial charge in [0.05, 0.1) is 11.8 Å². The van der Waals surface area contributed by atoms with Crippen molar-refractivity contribution in [3.63, 3.8) is 0 Å². The van der Waals surface area contributed by atoms with Gasteiger partial charge in [-0.3, -0.25) is 0 Å². The van der Waals surface area contributed by atoms with E-state index in [1.54, 1.807) is 25.7 Å². The number of hydrogen-bond donors (Lipinski definition) is 1. The quantitative estimate of drug-likeness (QED) is 0.806. The summed E-state index contributed by atoms with van der Waals surface area (Å²) in [7, 11) is -1.51. The SMILES string of the molecule is CSc1ccc([C@@H](C)NC(=O)N(C)[C@@H](C)CS(C)(=O)=O)cc1. The summed E-state index contributed by atoms with van der Waals surface area (Å²) in [6.07, 6.45) is 3.18. The van der Waals surface area contributed by atoms with Crippen molar-refractivity contribution in [3.05, 3.63) is 29.8 Å². The van der Waals surface area contributed by atoms with Gasteiger partial charge in [-0.15, -0.1) is 11.8 Å². The van der Waals surface area contributed by atoms with Crippen LogP contribution < -0.4 is 5.32 Å². The maximum Gasteiger partial charge on any atom is 0.317 e. The van der Waals surface area contributed by atoms with Crippen LogP contribution in [0.3, 0.4) is 0 Å². The second-order valence-electron chi connectivity index (χ2n) is 5.50. The van der Waals surface area contributed by atoms with Crippen molar-refractivity contribution in [3.8, 4) is 0 Å². The fourth-order valence-electron chi connectivity index (χ4n) is 2.01. The molecule has 0 saturated carbocycles. The van der Waals surface area contributed by atoms with E-state index in [1.807, 2.05) is 37.4 Å². The molecule has 0 spiro atoms. The van der Waals surface area contributed by atoms with Gasteiger partial charge < -0.3 is 10.2 Å². The number of hydrogen-bond acceptors (Lipinski definition) is 4. The van der Waals surface area contributed by atoms with Crippen molar-refractivity contribution in [1.82, 2.24) is 10.2 Å². The maximum absolute atomic E-state index is 12.2. The third-order valence-electron chi connectivity index (χ3n) is 3.48. The van der Waals surface area contributed by atoms with E-state index in [4.69, 9.17) is 0 Å². The molecular weight excluding hydrogens is 320 g/mol. The average molecular weight is 345 g/mol. The van der Waals surface area contributed by atoms with E-state index in [2.05, 4.69) is 5.32 Å². The highest BCUT2D eigenvalue weighted by Gasteiger charge is 2.21.